The molecule has 4 aromatic carbocycles. The number of anilines is 1. The normalized spacial score (nSPS) is 20.8. The van der Waals surface area contributed by atoms with E-state index in [4.69, 9.17) is 29.3 Å². The number of pyridine rings is 1. The van der Waals surface area contributed by atoms with Crippen molar-refractivity contribution >= 4 is 51.2 Å². The summed E-state index contributed by atoms with van der Waals surface area (Å²) in [7, 11) is 1.64. The Balaban J connectivity index is 0.824. The summed E-state index contributed by atoms with van der Waals surface area (Å²) in [5.74, 6) is 0.130. The van der Waals surface area contributed by atoms with Gasteiger partial charge in [-0.1, -0.05) is 62.4 Å². The fourth-order valence-electron chi connectivity index (χ4n) is 12.1. The van der Waals surface area contributed by atoms with Gasteiger partial charge in [0, 0.05) is 98.4 Å². The predicted molar refractivity (Wildman–Crippen MR) is 307 cm³/mol. The van der Waals surface area contributed by atoms with Gasteiger partial charge in [0.15, 0.2) is 5.75 Å². The van der Waals surface area contributed by atoms with E-state index in [2.05, 4.69) is 36.8 Å². The number of allylic oxidation sites excluding steroid dienone is 1. The third kappa shape index (κ3) is 10.7. The molecule has 7 aromatic rings. The second-order valence-electron chi connectivity index (χ2n) is 22.6. The lowest BCUT2D eigenvalue weighted by atomic mass is 9.88. The van der Waals surface area contributed by atoms with Crippen LogP contribution >= 0.6 is 0 Å². The van der Waals surface area contributed by atoms with Crippen LogP contribution in [0.2, 0.25) is 0 Å². The third-order valence-electron chi connectivity index (χ3n) is 16.7. The van der Waals surface area contributed by atoms with Crippen LogP contribution in [-0.4, -0.2) is 140 Å². The summed E-state index contributed by atoms with van der Waals surface area (Å²) in [6, 6.07) is 21.5. The minimum absolute atomic E-state index is 0.0202. The number of ether oxygens (including phenoxy) is 3. The van der Waals surface area contributed by atoms with E-state index in [-0.39, 0.29) is 74.5 Å². The van der Waals surface area contributed by atoms with Crippen molar-refractivity contribution < 1.29 is 38.4 Å². The molecule has 0 unspecified atom stereocenters. The van der Waals surface area contributed by atoms with Crippen molar-refractivity contribution in [3.8, 4) is 34.0 Å². The Labute approximate surface area is 469 Å². The highest BCUT2D eigenvalue weighted by atomic mass is 19.1. The van der Waals surface area contributed by atoms with Gasteiger partial charge < -0.3 is 44.9 Å². The molecule has 4 fully saturated rings. The van der Waals surface area contributed by atoms with Gasteiger partial charge in [0.25, 0.3) is 0 Å². The summed E-state index contributed by atoms with van der Waals surface area (Å²) in [6.07, 6.45) is 11.3. The molecule has 0 radical (unpaired) electrons. The molecule has 12 rings (SSSR count). The first kappa shape index (κ1) is 53.8. The molecule has 19 heteroatoms. The van der Waals surface area contributed by atoms with Crippen LogP contribution in [0.15, 0.2) is 103 Å². The molecule has 2 bridgehead atoms. The Morgan fingerprint density at radius 3 is 2.38 bits per heavy atom. The van der Waals surface area contributed by atoms with Crippen LogP contribution in [0.3, 0.4) is 0 Å². The number of nitrogens with one attached hydrogen (secondary N) is 3. The van der Waals surface area contributed by atoms with Crippen molar-refractivity contribution in [2.24, 2.45) is 11.0 Å². The van der Waals surface area contributed by atoms with Crippen molar-refractivity contribution in [2.45, 2.75) is 115 Å². The summed E-state index contributed by atoms with van der Waals surface area (Å²) >= 11 is 0. The van der Waals surface area contributed by atoms with E-state index in [1.165, 1.54) is 11.0 Å². The average Bonchev–Trinajstić information content (AvgIpc) is 3.47. The number of halogens is 1. The zero-order chi connectivity index (χ0) is 56.1. The van der Waals surface area contributed by atoms with Gasteiger partial charge in [-0.05, 0) is 114 Å². The topological polar surface area (TPSA) is 216 Å². The van der Waals surface area contributed by atoms with Gasteiger partial charge in [0.2, 0.25) is 11.8 Å². The molecule has 7 atom stereocenters. The quantitative estimate of drug-likeness (QED) is 0.0520. The number of aliphatic hydroxyl groups excluding tert-OH is 2. The van der Waals surface area contributed by atoms with E-state index < -0.39 is 30.1 Å². The molecule has 420 valence electrons. The molecular weight excluding hydrogens is 1030 g/mol. The largest absolute Gasteiger partial charge is 0.486 e. The van der Waals surface area contributed by atoms with Crippen LogP contribution in [0.1, 0.15) is 92.7 Å². The number of amides is 2. The van der Waals surface area contributed by atoms with Gasteiger partial charge in [-0.3, -0.25) is 24.7 Å². The number of nitrogens with zero attached hydrogens (tertiary/aromatic N) is 8. The molecule has 7 heterocycles. The lowest BCUT2D eigenvalue weighted by Gasteiger charge is -2.35. The van der Waals surface area contributed by atoms with Gasteiger partial charge in [-0.15, -0.1) is 0 Å². The van der Waals surface area contributed by atoms with Crippen molar-refractivity contribution in [3.63, 3.8) is 0 Å². The smallest absolute Gasteiger partial charge is 0.319 e. The molecule has 3 saturated heterocycles. The zero-order valence-corrected chi connectivity index (χ0v) is 46.2. The van der Waals surface area contributed by atoms with Crippen LogP contribution in [0.25, 0.3) is 49.6 Å². The first-order valence-electron chi connectivity index (χ1n) is 28.1. The van der Waals surface area contributed by atoms with Crippen molar-refractivity contribution in [1.29, 1.82) is 0 Å². The Hall–Kier alpha value is -7.84. The molecule has 81 heavy (non-hydrogen) atoms. The number of hydrazone groups is 1. The Kier molecular flexibility index (Phi) is 15.0. The number of methoxy groups -OCH3 is 1. The maximum atomic E-state index is 16.1. The number of benzene rings is 4. The van der Waals surface area contributed by atoms with Crippen molar-refractivity contribution in [1.82, 2.24) is 45.7 Å². The number of hydrogen-bond acceptors (Lipinski definition) is 15. The molecule has 18 nitrogen and oxygen atoms in total. The Morgan fingerprint density at radius 2 is 1.68 bits per heavy atom. The van der Waals surface area contributed by atoms with Crippen LogP contribution in [-0.2, 0) is 20.9 Å². The maximum Gasteiger partial charge on any atom is 0.319 e. The number of carbonyl (C=O) groups excluding carboxylic acids is 2. The minimum Gasteiger partial charge on any atom is -0.486 e. The molecule has 3 aromatic heterocycles. The first-order chi connectivity index (χ1) is 39.3. The number of fused-ring (bicyclic) bond motifs is 4. The van der Waals surface area contributed by atoms with E-state index in [9.17, 15) is 19.8 Å². The van der Waals surface area contributed by atoms with Gasteiger partial charge in [0.05, 0.1) is 36.6 Å². The summed E-state index contributed by atoms with van der Waals surface area (Å²) < 4.78 is 35.1. The van der Waals surface area contributed by atoms with Crippen LogP contribution in [0.4, 0.5) is 10.2 Å². The van der Waals surface area contributed by atoms with Gasteiger partial charge >= 0.3 is 6.01 Å². The highest BCUT2D eigenvalue weighted by Crippen LogP contribution is 2.53. The van der Waals surface area contributed by atoms with E-state index >= 15 is 4.39 Å². The Morgan fingerprint density at radius 1 is 0.914 bits per heavy atom. The molecule has 0 spiro atoms. The number of H-pyrrole nitrogens is 1. The summed E-state index contributed by atoms with van der Waals surface area (Å²) in [6.45, 7) is 9.25. The number of likely N-dealkylation sites (tertiary alicyclic amines) is 1. The lowest BCUT2D eigenvalue weighted by Crippen LogP contribution is -2.54. The summed E-state index contributed by atoms with van der Waals surface area (Å²) in [5.41, 5.74) is 9.55. The fourth-order valence-corrected chi connectivity index (χ4v) is 12.1. The average molecular weight is 1100 g/mol. The standard InChI is InChI=1S/C62H68FN11O7/c1-34(2)57(61(78)73-30-46(76)23-53(73)60(77)68-52(31-75)42-14-10-38(11-15-42)40-16-19-64-20-17-40)74-28-43(18-21-67-74)39-8-6-37(7-9-39)33-80-58-55(54-36(4)50(63)25-51-49(54)27-66-71-51)47(41-12-13-41)24-48-56(58)69-62(81-32-35(3)79-5)70-59(48)72-29-44-22-45(72)26-65-44/h6-11,14-17,19-21,24-25,27-28,34-35,41,44-46,52-53,57,65,75-76H,12-13,18,22-23,26,29-33H2,1-5H3,(H,66,71)(H,68,77)/t35-,44-,45-,46+,52-,53-,57-/m0/s1. The molecule has 1 saturated carbocycles. The first-order valence-corrected chi connectivity index (χ1v) is 28.1. The molecule has 2 amide bonds. The predicted octanol–water partition coefficient (Wildman–Crippen LogP) is 7.97. The molecule has 5 aliphatic rings. The molecular formula is C62H68FN11O7. The Bertz CT molecular complexity index is 3540. The SMILES string of the molecule is CO[C@@H](C)COc1nc(N2C[C@@H]3C[C@H]2CN3)c2cc(C3CC3)c(-c3c(C)c(F)cc4[nH]ncc34)c(OCc3ccc(C4=CN([C@H](C(=O)N5C[C@H](O)C[C@H]5C(=O)N[C@@H](CO)c5ccc(-c6ccncc6)cc5)C(C)C)N=CC4)cc3)c2n1. The lowest BCUT2D eigenvalue weighted by molar-refractivity contribution is -0.143. The second kappa shape index (κ2) is 22.6. The zero-order valence-electron chi connectivity index (χ0n) is 46.2. The van der Waals surface area contributed by atoms with Gasteiger partial charge in [0.1, 0.15) is 42.4 Å². The van der Waals surface area contributed by atoms with E-state index in [1.807, 2.05) is 87.6 Å². The van der Waals surface area contributed by atoms with E-state index in [1.54, 1.807) is 43.8 Å². The molecule has 4 aliphatic heterocycles. The number of piperazine rings is 1. The number of aromatic nitrogens is 5. The molecule has 1 aliphatic carbocycles. The number of carbonyl (C=O) groups is 2. The number of hydrogen-bond donors (Lipinski definition) is 5. The minimum atomic E-state index is -0.965. The van der Waals surface area contributed by atoms with Gasteiger partial charge in [-0.25, -0.2) is 4.39 Å². The number of aliphatic hydroxyl groups is 2. The van der Waals surface area contributed by atoms with Crippen LogP contribution in [0.5, 0.6) is 11.8 Å². The van der Waals surface area contributed by atoms with E-state index in [0.29, 0.717) is 45.9 Å². The number of rotatable bonds is 19. The summed E-state index contributed by atoms with van der Waals surface area (Å²) in [4.78, 5) is 47.0. The van der Waals surface area contributed by atoms with Gasteiger partial charge in [-0.2, -0.15) is 20.2 Å². The fraction of sp³-hybridized carbons (Fsp3) is 0.403. The van der Waals surface area contributed by atoms with Crippen molar-refractivity contribution in [2.75, 3.05) is 44.9 Å². The number of β-amino-alcohol motifs (C(OH)–C–C–N with tert-alkyl or cyclic N) is 1. The highest BCUT2D eigenvalue weighted by Gasteiger charge is 2.45. The third-order valence-corrected chi connectivity index (χ3v) is 16.7. The monoisotopic (exact) mass is 1100 g/mol. The van der Waals surface area contributed by atoms with Crippen LogP contribution < -0.4 is 25.0 Å². The van der Waals surface area contributed by atoms with Crippen LogP contribution in [0, 0.1) is 18.7 Å². The summed E-state index contributed by atoms with van der Waals surface area (Å²) in [5, 5.41) is 43.4. The second-order valence-corrected chi connectivity index (χ2v) is 22.6. The highest BCUT2D eigenvalue weighted by molar-refractivity contribution is 6.06. The van der Waals surface area contributed by atoms with Crippen molar-refractivity contribution in [3.05, 3.63) is 131 Å². The molecule has 5 N–H and O–H groups in total. The number of aromatic amines is 1. The van der Waals surface area contributed by atoms with E-state index in [0.717, 1.165) is 87.9 Å². The maximum absolute atomic E-state index is 16.1.